The van der Waals surface area contributed by atoms with Crippen molar-refractivity contribution in [3.8, 4) is 5.75 Å². The van der Waals surface area contributed by atoms with Gasteiger partial charge in [0.25, 0.3) is 0 Å². The standard InChI is InChI=1S/C18H25N3O3/c1-24-15-7-5-14(6-8-15)20-17(22)11-16-18(23)21(10-9-19-16)12-13-3-2-4-13/h5-8,13,16,19H,2-4,9-12H2,1H3,(H,20,22). The summed E-state index contributed by atoms with van der Waals surface area (Å²) >= 11 is 0. The van der Waals surface area contributed by atoms with Gasteiger partial charge in [0.1, 0.15) is 5.75 Å². The third kappa shape index (κ3) is 4.06. The SMILES string of the molecule is COc1ccc(NC(=O)CC2NCCN(CC3CCC3)C2=O)cc1. The number of benzene rings is 1. The zero-order valence-electron chi connectivity index (χ0n) is 14.1. The lowest BCUT2D eigenvalue weighted by atomic mass is 9.85. The van der Waals surface area contributed by atoms with E-state index in [9.17, 15) is 9.59 Å². The Kier molecular flexibility index (Phi) is 5.35. The fraction of sp³-hybridized carbons (Fsp3) is 0.556. The maximum atomic E-state index is 12.5. The Morgan fingerprint density at radius 1 is 1.33 bits per heavy atom. The van der Waals surface area contributed by atoms with Gasteiger partial charge < -0.3 is 20.3 Å². The molecular formula is C18H25N3O3. The molecule has 1 saturated carbocycles. The van der Waals surface area contributed by atoms with Crippen molar-refractivity contribution in [3.63, 3.8) is 0 Å². The molecule has 2 fully saturated rings. The molecule has 1 aromatic carbocycles. The van der Waals surface area contributed by atoms with E-state index in [1.807, 2.05) is 4.90 Å². The van der Waals surface area contributed by atoms with Crippen LogP contribution in [0.3, 0.4) is 0 Å². The van der Waals surface area contributed by atoms with E-state index in [0.717, 1.165) is 25.4 Å². The van der Waals surface area contributed by atoms with E-state index < -0.39 is 6.04 Å². The van der Waals surface area contributed by atoms with Crippen LogP contribution in [0.25, 0.3) is 0 Å². The smallest absolute Gasteiger partial charge is 0.240 e. The van der Waals surface area contributed by atoms with E-state index in [-0.39, 0.29) is 18.2 Å². The number of amides is 2. The first-order chi connectivity index (χ1) is 11.7. The van der Waals surface area contributed by atoms with Crippen LogP contribution in [0.15, 0.2) is 24.3 Å². The minimum atomic E-state index is -0.419. The Morgan fingerprint density at radius 2 is 2.08 bits per heavy atom. The van der Waals surface area contributed by atoms with Gasteiger partial charge in [0.05, 0.1) is 19.6 Å². The molecule has 2 N–H and O–H groups in total. The first kappa shape index (κ1) is 16.8. The number of piperazine rings is 1. The molecule has 2 amide bonds. The summed E-state index contributed by atoms with van der Waals surface area (Å²) in [5, 5.41) is 6.00. The van der Waals surface area contributed by atoms with Crippen LogP contribution < -0.4 is 15.4 Å². The maximum Gasteiger partial charge on any atom is 0.240 e. The summed E-state index contributed by atoms with van der Waals surface area (Å²) in [6.07, 6.45) is 3.88. The van der Waals surface area contributed by atoms with E-state index in [1.54, 1.807) is 31.4 Å². The molecule has 0 radical (unpaired) electrons. The van der Waals surface area contributed by atoms with Gasteiger partial charge in [-0.2, -0.15) is 0 Å². The van der Waals surface area contributed by atoms with Crippen molar-refractivity contribution in [1.29, 1.82) is 0 Å². The Morgan fingerprint density at radius 3 is 2.71 bits per heavy atom. The van der Waals surface area contributed by atoms with Gasteiger partial charge in [0, 0.05) is 25.3 Å². The molecule has 1 unspecified atom stereocenters. The summed E-state index contributed by atoms with van der Waals surface area (Å²) in [5.74, 6) is 1.29. The molecule has 0 aromatic heterocycles. The van der Waals surface area contributed by atoms with Crippen molar-refractivity contribution in [3.05, 3.63) is 24.3 Å². The van der Waals surface area contributed by atoms with Crippen molar-refractivity contribution in [2.75, 3.05) is 32.1 Å². The lowest BCUT2D eigenvalue weighted by Gasteiger charge is -2.37. The molecule has 130 valence electrons. The van der Waals surface area contributed by atoms with Crippen LogP contribution in [0.5, 0.6) is 5.75 Å². The van der Waals surface area contributed by atoms with Gasteiger partial charge in [-0.1, -0.05) is 6.42 Å². The second kappa shape index (κ2) is 7.66. The first-order valence-electron chi connectivity index (χ1n) is 8.62. The molecule has 0 spiro atoms. The predicted octanol–water partition coefficient (Wildman–Crippen LogP) is 1.62. The van der Waals surface area contributed by atoms with Crippen LogP contribution in [0.2, 0.25) is 0 Å². The van der Waals surface area contributed by atoms with Gasteiger partial charge in [-0.25, -0.2) is 0 Å². The highest BCUT2D eigenvalue weighted by Gasteiger charge is 2.32. The van der Waals surface area contributed by atoms with Crippen LogP contribution in [-0.2, 0) is 9.59 Å². The number of carbonyl (C=O) groups excluding carboxylic acids is 2. The third-order valence-electron chi connectivity index (χ3n) is 4.85. The zero-order chi connectivity index (χ0) is 16.9. The second-order valence-electron chi connectivity index (χ2n) is 6.57. The number of rotatable bonds is 6. The molecule has 1 aromatic rings. The molecule has 24 heavy (non-hydrogen) atoms. The minimum absolute atomic E-state index is 0.0537. The second-order valence-corrected chi connectivity index (χ2v) is 6.57. The molecule has 1 aliphatic heterocycles. The minimum Gasteiger partial charge on any atom is -0.497 e. The molecule has 1 saturated heterocycles. The Balaban J connectivity index is 1.51. The van der Waals surface area contributed by atoms with Gasteiger partial charge >= 0.3 is 0 Å². The highest BCUT2D eigenvalue weighted by molar-refractivity contribution is 5.95. The van der Waals surface area contributed by atoms with E-state index in [0.29, 0.717) is 11.6 Å². The van der Waals surface area contributed by atoms with Gasteiger partial charge in [0.15, 0.2) is 0 Å². The molecule has 6 heteroatoms. The fourth-order valence-electron chi connectivity index (χ4n) is 3.19. The lowest BCUT2D eigenvalue weighted by Crippen LogP contribution is -2.57. The van der Waals surface area contributed by atoms with Gasteiger partial charge in [0.2, 0.25) is 11.8 Å². The average molecular weight is 331 g/mol. The number of methoxy groups -OCH3 is 1. The topological polar surface area (TPSA) is 70.7 Å². The largest absolute Gasteiger partial charge is 0.497 e. The summed E-state index contributed by atoms with van der Waals surface area (Å²) in [5.41, 5.74) is 0.704. The molecule has 3 rings (SSSR count). The predicted molar refractivity (Wildman–Crippen MR) is 92.0 cm³/mol. The quantitative estimate of drug-likeness (QED) is 0.831. The van der Waals surface area contributed by atoms with Crippen molar-refractivity contribution >= 4 is 17.5 Å². The van der Waals surface area contributed by atoms with Crippen LogP contribution in [-0.4, -0.2) is 49.5 Å². The van der Waals surface area contributed by atoms with Crippen LogP contribution in [0.4, 0.5) is 5.69 Å². The van der Waals surface area contributed by atoms with Crippen molar-refractivity contribution in [2.45, 2.75) is 31.7 Å². The summed E-state index contributed by atoms with van der Waals surface area (Å²) in [6.45, 7) is 2.34. The Bertz CT molecular complexity index is 584. The molecular weight excluding hydrogens is 306 g/mol. The monoisotopic (exact) mass is 331 g/mol. The van der Waals surface area contributed by atoms with E-state index in [2.05, 4.69) is 10.6 Å². The van der Waals surface area contributed by atoms with Crippen LogP contribution in [0.1, 0.15) is 25.7 Å². The Hall–Kier alpha value is -2.08. The first-order valence-corrected chi connectivity index (χ1v) is 8.62. The average Bonchev–Trinajstić information content (AvgIpc) is 2.54. The van der Waals surface area contributed by atoms with Crippen LogP contribution >= 0.6 is 0 Å². The Labute approximate surface area is 142 Å². The number of nitrogens with one attached hydrogen (secondary N) is 2. The summed E-state index contributed by atoms with van der Waals surface area (Å²) in [6, 6.07) is 6.74. The normalized spacial score (nSPS) is 21.3. The number of nitrogens with zero attached hydrogens (tertiary/aromatic N) is 1. The van der Waals surface area contributed by atoms with Gasteiger partial charge in [-0.15, -0.1) is 0 Å². The van der Waals surface area contributed by atoms with E-state index in [1.165, 1.54) is 19.3 Å². The molecule has 2 aliphatic rings. The van der Waals surface area contributed by atoms with Crippen molar-refractivity contribution in [1.82, 2.24) is 10.2 Å². The summed E-state index contributed by atoms with van der Waals surface area (Å²) in [4.78, 5) is 26.7. The lowest BCUT2D eigenvalue weighted by molar-refractivity contribution is -0.138. The molecule has 6 nitrogen and oxygen atoms in total. The number of hydrogen-bond acceptors (Lipinski definition) is 4. The van der Waals surface area contributed by atoms with Crippen LogP contribution in [0, 0.1) is 5.92 Å². The molecule has 1 heterocycles. The number of hydrogen-bond donors (Lipinski definition) is 2. The number of anilines is 1. The highest BCUT2D eigenvalue weighted by atomic mass is 16.5. The molecule has 1 aliphatic carbocycles. The zero-order valence-corrected chi connectivity index (χ0v) is 14.1. The number of ether oxygens (including phenoxy) is 1. The fourth-order valence-corrected chi connectivity index (χ4v) is 3.19. The summed E-state index contributed by atoms with van der Waals surface area (Å²) < 4.78 is 5.09. The van der Waals surface area contributed by atoms with Crippen molar-refractivity contribution in [2.24, 2.45) is 5.92 Å². The van der Waals surface area contributed by atoms with Gasteiger partial charge in [-0.3, -0.25) is 9.59 Å². The highest BCUT2D eigenvalue weighted by Crippen LogP contribution is 2.27. The maximum absolute atomic E-state index is 12.5. The number of carbonyl (C=O) groups is 2. The van der Waals surface area contributed by atoms with Gasteiger partial charge in [-0.05, 0) is 43.0 Å². The summed E-state index contributed by atoms with van der Waals surface area (Å²) in [7, 11) is 1.60. The van der Waals surface area contributed by atoms with E-state index in [4.69, 9.17) is 4.74 Å². The van der Waals surface area contributed by atoms with E-state index >= 15 is 0 Å². The molecule has 0 bridgehead atoms. The third-order valence-corrected chi connectivity index (χ3v) is 4.85. The molecule has 1 atom stereocenters. The van der Waals surface area contributed by atoms with Crippen molar-refractivity contribution < 1.29 is 14.3 Å².